The molecule has 1 fully saturated rings. The molecule has 76 valence electrons. The second-order valence-corrected chi connectivity index (χ2v) is 4.15. The van der Waals surface area contributed by atoms with Gasteiger partial charge in [0.05, 0.1) is 6.17 Å². The number of hydrogen-bond donors (Lipinski definition) is 2. The third-order valence-electron chi connectivity index (χ3n) is 2.79. The summed E-state index contributed by atoms with van der Waals surface area (Å²) in [5.41, 5.74) is 2.65. The third kappa shape index (κ3) is 2.14. The van der Waals surface area contributed by atoms with Gasteiger partial charge in [0.1, 0.15) is 0 Å². The van der Waals surface area contributed by atoms with Crippen LogP contribution >= 0.6 is 0 Å². The van der Waals surface area contributed by atoms with Gasteiger partial charge in [-0.2, -0.15) is 0 Å². The van der Waals surface area contributed by atoms with Crippen LogP contribution in [0.4, 0.5) is 0 Å². The first-order chi connectivity index (χ1) is 6.75. The molecular weight excluding hydrogens is 172 g/mol. The third-order valence-corrected chi connectivity index (χ3v) is 2.79. The average molecular weight is 190 g/mol. The van der Waals surface area contributed by atoms with E-state index in [9.17, 15) is 0 Å². The fraction of sp³-hybridized carbons (Fsp3) is 0.500. The zero-order chi connectivity index (χ0) is 9.97. The number of benzene rings is 1. The Morgan fingerprint density at radius 3 is 2.57 bits per heavy atom. The summed E-state index contributed by atoms with van der Waals surface area (Å²) in [5.74, 6) is 0. The summed E-state index contributed by atoms with van der Waals surface area (Å²) in [5, 5.41) is 7.02. The summed E-state index contributed by atoms with van der Waals surface area (Å²) < 4.78 is 0. The molecule has 0 radical (unpaired) electrons. The standard InChI is InChI=1S/C12H18N2/c1-9-3-5-11(6-4-9)12-13-8-7-10(2)14-12/h3-6,10,12-14H,7-8H2,1-2H3. The lowest BCUT2D eigenvalue weighted by Crippen LogP contribution is -2.46. The van der Waals surface area contributed by atoms with Crippen LogP contribution < -0.4 is 10.6 Å². The molecule has 0 aliphatic carbocycles. The lowest BCUT2D eigenvalue weighted by Gasteiger charge is -2.30. The lowest BCUT2D eigenvalue weighted by atomic mass is 10.1. The van der Waals surface area contributed by atoms with Crippen LogP contribution in [0, 0.1) is 6.92 Å². The Morgan fingerprint density at radius 1 is 1.21 bits per heavy atom. The largest absolute Gasteiger partial charge is 0.298 e. The maximum Gasteiger partial charge on any atom is 0.0837 e. The summed E-state index contributed by atoms with van der Waals surface area (Å²) in [7, 11) is 0. The van der Waals surface area contributed by atoms with Crippen molar-refractivity contribution in [1.82, 2.24) is 10.6 Å². The zero-order valence-electron chi connectivity index (χ0n) is 8.88. The Balaban J connectivity index is 2.10. The Bertz CT molecular complexity index is 292. The highest BCUT2D eigenvalue weighted by molar-refractivity contribution is 5.24. The SMILES string of the molecule is Cc1ccc(C2NCCC(C)N2)cc1. The molecule has 1 heterocycles. The minimum atomic E-state index is 0.333. The van der Waals surface area contributed by atoms with E-state index in [0.29, 0.717) is 12.2 Å². The van der Waals surface area contributed by atoms with E-state index >= 15 is 0 Å². The summed E-state index contributed by atoms with van der Waals surface area (Å²) in [6.07, 6.45) is 1.54. The molecule has 0 bridgehead atoms. The first-order valence-electron chi connectivity index (χ1n) is 5.32. The fourth-order valence-corrected chi connectivity index (χ4v) is 1.84. The van der Waals surface area contributed by atoms with Gasteiger partial charge in [0.15, 0.2) is 0 Å². The van der Waals surface area contributed by atoms with E-state index in [-0.39, 0.29) is 0 Å². The first-order valence-corrected chi connectivity index (χ1v) is 5.32. The fourth-order valence-electron chi connectivity index (χ4n) is 1.84. The van der Waals surface area contributed by atoms with Crippen molar-refractivity contribution in [1.29, 1.82) is 0 Å². The summed E-state index contributed by atoms with van der Waals surface area (Å²) >= 11 is 0. The average Bonchev–Trinajstić information content (AvgIpc) is 2.19. The minimum absolute atomic E-state index is 0.333. The number of hydrogen-bond acceptors (Lipinski definition) is 2. The van der Waals surface area contributed by atoms with Gasteiger partial charge in [0.25, 0.3) is 0 Å². The van der Waals surface area contributed by atoms with E-state index in [2.05, 4.69) is 48.7 Å². The molecule has 2 heteroatoms. The monoisotopic (exact) mass is 190 g/mol. The van der Waals surface area contributed by atoms with Crippen molar-refractivity contribution in [2.75, 3.05) is 6.54 Å². The van der Waals surface area contributed by atoms with Crippen molar-refractivity contribution >= 4 is 0 Å². The van der Waals surface area contributed by atoms with Gasteiger partial charge in [-0.3, -0.25) is 10.6 Å². The van der Waals surface area contributed by atoms with E-state index in [4.69, 9.17) is 0 Å². The maximum atomic E-state index is 3.54. The van der Waals surface area contributed by atoms with Gasteiger partial charge < -0.3 is 0 Å². The molecule has 2 rings (SSSR count). The first kappa shape index (κ1) is 9.69. The predicted molar refractivity (Wildman–Crippen MR) is 59.1 cm³/mol. The van der Waals surface area contributed by atoms with Crippen molar-refractivity contribution in [2.45, 2.75) is 32.5 Å². The highest BCUT2D eigenvalue weighted by atomic mass is 15.2. The van der Waals surface area contributed by atoms with Gasteiger partial charge >= 0.3 is 0 Å². The van der Waals surface area contributed by atoms with E-state index in [1.54, 1.807) is 0 Å². The summed E-state index contributed by atoms with van der Waals surface area (Å²) in [6, 6.07) is 9.33. The van der Waals surface area contributed by atoms with Gasteiger partial charge in [-0.25, -0.2) is 0 Å². The van der Waals surface area contributed by atoms with Crippen LogP contribution in [0.3, 0.4) is 0 Å². The van der Waals surface area contributed by atoms with Crippen molar-refractivity contribution in [3.8, 4) is 0 Å². The topological polar surface area (TPSA) is 24.1 Å². The smallest absolute Gasteiger partial charge is 0.0837 e. The molecule has 0 spiro atoms. The summed E-state index contributed by atoms with van der Waals surface area (Å²) in [6.45, 7) is 5.46. The predicted octanol–water partition coefficient (Wildman–Crippen LogP) is 1.97. The van der Waals surface area contributed by atoms with E-state index in [1.165, 1.54) is 17.5 Å². The maximum absolute atomic E-state index is 3.54. The van der Waals surface area contributed by atoms with Crippen LogP contribution in [-0.2, 0) is 0 Å². The molecule has 2 atom stereocenters. The Hall–Kier alpha value is -0.860. The molecule has 1 aliphatic rings. The van der Waals surface area contributed by atoms with Gasteiger partial charge in [-0.15, -0.1) is 0 Å². The number of nitrogens with one attached hydrogen (secondary N) is 2. The van der Waals surface area contributed by atoms with Gasteiger partial charge in [0, 0.05) is 6.04 Å². The molecule has 1 aromatic rings. The van der Waals surface area contributed by atoms with Crippen LogP contribution in [0.25, 0.3) is 0 Å². The normalized spacial score (nSPS) is 27.6. The van der Waals surface area contributed by atoms with Crippen LogP contribution in [0.2, 0.25) is 0 Å². The van der Waals surface area contributed by atoms with E-state index < -0.39 is 0 Å². The molecule has 2 N–H and O–H groups in total. The molecule has 1 aliphatic heterocycles. The van der Waals surface area contributed by atoms with E-state index in [1.807, 2.05) is 0 Å². The Labute approximate surface area is 85.7 Å². The van der Waals surface area contributed by atoms with Gasteiger partial charge in [-0.1, -0.05) is 29.8 Å². The van der Waals surface area contributed by atoms with Crippen LogP contribution in [0.1, 0.15) is 30.6 Å². The van der Waals surface area contributed by atoms with Crippen molar-refractivity contribution in [3.63, 3.8) is 0 Å². The quantitative estimate of drug-likeness (QED) is 0.707. The molecule has 2 nitrogen and oxygen atoms in total. The van der Waals surface area contributed by atoms with Crippen molar-refractivity contribution in [3.05, 3.63) is 35.4 Å². The Morgan fingerprint density at radius 2 is 1.93 bits per heavy atom. The zero-order valence-corrected chi connectivity index (χ0v) is 8.88. The number of aryl methyl sites for hydroxylation is 1. The van der Waals surface area contributed by atoms with Crippen LogP contribution in [0.5, 0.6) is 0 Å². The highest BCUT2D eigenvalue weighted by Gasteiger charge is 2.17. The van der Waals surface area contributed by atoms with E-state index in [0.717, 1.165) is 6.54 Å². The van der Waals surface area contributed by atoms with Crippen molar-refractivity contribution in [2.24, 2.45) is 0 Å². The molecule has 2 unspecified atom stereocenters. The second kappa shape index (κ2) is 4.11. The molecule has 14 heavy (non-hydrogen) atoms. The molecule has 1 aromatic carbocycles. The molecular formula is C12H18N2. The molecule has 1 saturated heterocycles. The number of rotatable bonds is 1. The van der Waals surface area contributed by atoms with Crippen LogP contribution in [-0.4, -0.2) is 12.6 Å². The Kier molecular flexibility index (Phi) is 2.85. The minimum Gasteiger partial charge on any atom is -0.298 e. The highest BCUT2D eigenvalue weighted by Crippen LogP contribution is 2.15. The second-order valence-electron chi connectivity index (χ2n) is 4.15. The molecule has 0 aromatic heterocycles. The lowest BCUT2D eigenvalue weighted by molar-refractivity contribution is 0.318. The van der Waals surface area contributed by atoms with Gasteiger partial charge in [0.2, 0.25) is 0 Å². The van der Waals surface area contributed by atoms with Crippen LogP contribution in [0.15, 0.2) is 24.3 Å². The molecule has 0 saturated carbocycles. The molecule has 0 amide bonds. The van der Waals surface area contributed by atoms with Crippen molar-refractivity contribution < 1.29 is 0 Å². The van der Waals surface area contributed by atoms with Gasteiger partial charge in [-0.05, 0) is 32.4 Å². The summed E-state index contributed by atoms with van der Waals surface area (Å²) in [4.78, 5) is 0.